The van der Waals surface area contributed by atoms with Gasteiger partial charge in [-0.3, -0.25) is 9.78 Å². The van der Waals surface area contributed by atoms with Gasteiger partial charge >= 0.3 is 0 Å². The molecule has 0 aliphatic rings. The fraction of sp³-hybridized carbons (Fsp3) is 0.370. The maximum atomic E-state index is 11.7. The van der Waals surface area contributed by atoms with Gasteiger partial charge in [-0.2, -0.15) is 0 Å². The number of aliphatic hydroxyl groups is 1. The zero-order valence-electron chi connectivity index (χ0n) is 33.8. The van der Waals surface area contributed by atoms with E-state index in [1.807, 2.05) is 27.7 Å². The van der Waals surface area contributed by atoms with E-state index >= 15 is 0 Å². The van der Waals surface area contributed by atoms with Gasteiger partial charge in [0.05, 0.1) is 19.3 Å². The van der Waals surface area contributed by atoms with Gasteiger partial charge in [-0.25, -0.2) is 4.98 Å². The van der Waals surface area contributed by atoms with Crippen LogP contribution in [0.4, 0.5) is 0 Å². The van der Waals surface area contributed by atoms with Crippen LogP contribution in [0.25, 0.3) is 42.3 Å². The first kappa shape index (κ1) is 40.7. The number of allylic oxidation sites excluding steroid dienone is 2. The largest absolute Gasteiger partial charge is 0.512 e. The van der Waals surface area contributed by atoms with Crippen LogP contribution in [0.5, 0.6) is 0 Å². The fourth-order valence-electron chi connectivity index (χ4n) is 7.14. The van der Waals surface area contributed by atoms with Crippen molar-refractivity contribution >= 4 is 66.6 Å². The van der Waals surface area contributed by atoms with E-state index in [2.05, 4.69) is 124 Å². The molecule has 0 spiro atoms. The molecule has 281 valence electrons. The van der Waals surface area contributed by atoms with Gasteiger partial charge in [0.25, 0.3) is 0 Å². The second-order valence-electron chi connectivity index (χ2n) is 15.7. The van der Waals surface area contributed by atoms with E-state index in [4.69, 9.17) is 6.35 Å². The van der Waals surface area contributed by atoms with E-state index < -0.39 is 8.07 Å². The predicted molar refractivity (Wildman–Crippen MR) is 227 cm³/mol. The van der Waals surface area contributed by atoms with Crippen molar-refractivity contribution in [2.24, 2.45) is 17.3 Å². The van der Waals surface area contributed by atoms with E-state index in [0.717, 1.165) is 64.4 Å². The maximum absolute atomic E-state index is 11.7. The summed E-state index contributed by atoms with van der Waals surface area (Å²) in [6, 6.07) is 32.0. The minimum absolute atomic E-state index is 0. The molecule has 0 aliphatic carbocycles. The van der Waals surface area contributed by atoms with Crippen molar-refractivity contribution in [1.29, 1.82) is 0 Å². The van der Waals surface area contributed by atoms with Crippen LogP contribution in [0, 0.1) is 23.3 Å². The van der Waals surface area contributed by atoms with Gasteiger partial charge in [-0.05, 0) is 49.1 Å². The predicted octanol–water partition coefficient (Wildman–Crippen LogP) is 11.7. The Balaban J connectivity index is 0.000000347. The van der Waals surface area contributed by atoms with Crippen molar-refractivity contribution in [1.82, 2.24) is 9.97 Å². The standard InChI is InChI=1S/C33H31N2SSi.C13H24O2.Ir/c1-33(2,3)20-22-15-16-27-28(17-22)36-32-30(34-21-35-31(27)32)24-18-23-11-9-10-14-26(23)29(19-24)37(4,5)25-12-7-6-8-13-25;1-5-10(6-2)12(14)9-13(15)11(7-3)8-4;/h6-17,19,21H,20H2,1-5H3;9-11,14H,5-8H2,1-4H3;/q-1;;/b;12-9-;/i21D;;. The number of carbonyl (C=O) groups excluding carboxylic acids is 1. The van der Waals surface area contributed by atoms with E-state index in [1.165, 1.54) is 32.1 Å². The number of benzene rings is 4. The average Bonchev–Trinajstić information content (AvgIpc) is 3.49. The van der Waals surface area contributed by atoms with Crippen LogP contribution in [-0.2, 0) is 31.3 Å². The molecule has 4 aromatic carbocycles. The topological polar surface area (TPSA) is 63.1 Å². The number of carbonyl (C=O) groups is 1. The molecule has 4 nitrogen and oxygen atoms in total. The maximum Gasteiger partial charge on any atom is 0.162 e. The molecule has 2 heterocycles. The summed E-state index contributed by atoms with van der Waals surface area (Å²) < 4.78 is 10.7. The molecule has 1 N–H and O–H groups in total. The Morgan fingerprint density at radius 2 is 1.53 bits per heavy atom. The van der Waals surface area contributed by atoms with E-state index in [9.17, 15) is 9.90 Å². The van der Waals surface area contributed by atoms with Crippen molar-refractivity contribution < 1.29 is 31.4 Å². The number of ketones is 1. The van der Waals surface area contributed by atoms with Crippen molar-refractivity contribution in [3.05, 3.63) is 109 Å². The average molecular weight is 921 g/mol. The summed E-state index contributed by atoms with van der Waals surface area (Å²) in [5.74, 6) is 0.547. The molecular weight excluding hydrogens is 865 g/mol. The number of aromatic nitrogens is 2. The number of hydrogen-bond acceptors (Lipinski definition) is 5. The number of thiophene rings is 1. The second-order valence-corrected chi connectivity index (χ2v) is 21.1. The van der Waals surface area contributed by atoms with Crippen LogP contribution in [0.1, 0.15) is 81.1 Å². The summed E-state index contributed by atoms with van der Waals surface area (Å²) >= 11 is 1.73. The third-order valence-corrected chi connectivity index (χ3v) is 15.0. The van der Waals surface area contributed by atoms with Crippen molar-refractivity contribution in [2.45, 2.75) is 93.7 Å². The number of hydrogen-bond donors (Lipinski definition) is 1. The molecule has 0 fully saturated rings. The number of aliphatic hydroxyl groups excluding tert-OH is 1. The number of rotatable bonds is 11. The summed E-state index contributed by atoms with van der Waals surface area (Å²) in [4.78, 5) is 21.0. The van der Waals surface area contributed by atoms with Crippen LogP contribution in [-0.4, -0.2) is 28.9 Å². The quantitative estimate of drug-likeness (QED) is 0.0609. The Morgan fingerprint density at radius 3 is 2.17 bits per heavy atom. The summed E-state index contributed by atoms with van der Waals surface area (Å²) in [5, 5.41) is 15.9. The molecule has 0 saturated heterocycles. The zero-order valence-corrected chi connectivity index (χ0v) is 37.0. The number of nitrogens with zero attached hydrogens (tertiary/aromatic N) is 2. The minimum atomic E-state index is -2.03. The van der Waals surface area contributed by atoms with E-state index in [0.29, 0.717) is 0 Å². The Hall–Kier alpha value is -3.48. The summed E-state index contributed by atoms with van der Waals surface area (Å²) in [7, 11) is -2.03. The van der Waals surface area contributed by atoms with Crippen LogP contribution >= 0.6 is 11.3 Å². The Morgan fingerprint density at radius 1 is 0.887 bits per heavy atom. The molecule has 0 amide bonds. The molecule has 0 bridgehead atoms. The van der Waals surface area contributed by atoms with Gasteiger partial charge in [0.15, 0.2) is 5.78 Å². The summed E-state index contributed by atoms with van der Waals surface area (Å²) in [6.07, 6.45) is 5.97. The zero-order chi connectivity index (χ0) is 38.5. The van der Waals surface area contributed by atoms with Crippen LogP contribution < -0.4 is 10.4 Å². The van der Waals surface area contributed by atoms with Gasteiger partial charge < -0.3 is 5.11 Å². The van der Waals surface area contributed by atoms with E-state index in [-0.39, 0.29) is 55.2 Å². The minimum Gasteiger partial charge on any atom is -0.512 e. The van der Waals surface area contributed by atoms with Gasteiger partial charge in [0.2, 0.25) is 0 Å². The van der Waals surface area contributed by atoms with Crippen molar-refractivity contribution in [2.75, 3.05) is 0 Å². The molecule has 0 saturated carbocycles. The van der Waals surface area contributed by atoms with Crippen LogP contribution in [0.15, 0.2) is 97.0 Å². The Bertz CT molecular complexity index is 2240. The summed E-state index contributed by atoms with van der Waals surface area (Å²) in [5.41, 5.74) is 4.16. The molecule has 2 aromatic heterocycles. The molecule has 53 heavy (non-hydrogen) atoms. The number of fused-ring (bicyclic) bond motifs is 4. The first-order valence-electron chi connectivity index (χ1n) is 19.4. The smallest absolute Gasteiger partial charge is 0.162 e. The van der Waals surface area contributed by atoms with Crippen molar-refractivity contribution in [3.8, 4) is 11.3 Å². The molecule has 0 aliphatic heterocycles. The molecule has 0 atom stereocenters. The monoisotopic (exact) mass is 921 g/mol. The first-order chi connectivity index (χ1) is 25.2. The molecule has 7 heteroatoms. The van der Waals surface area contributed by atoms with E-state index in [1.54, 1.807) is 11.3 Å². The molecular formula is C46H55IrN2O2SSi-. The molecule has 6 aromatic rings. The van der Waals surface area contributed by atoms with Gasteiger partial charge in [0.1, 0.15) is 7.67 Å². The van der Waals surface area contributed by atoms with Gasteiger partial charge in [-0.15, -0.1) is 40.1 Å². The third kappa shape index (κ3) is 9.80. The molecule has 1 radical (unpaired) electrons. The SMILES string of the molecule is CCC(CC)C(=O)/C=C(\O)C(CC)CC.[2H]c1nc(-c2[c-]c3ccccc3c([Si](C)(C)c3ccccc3)c2)c2sc3cc(CC(C)(C)C)ccc3c2n1.[Ir]. The van der Waals surface area contributed by atoms with Gasteiger partial charge in [-0.1, -0.05) is 138 Å². The second kappa shape index (κ2) is 18.2. The third-order valence-electron chi connectivity index (χ3n) is 10.3. The normalized spacial score (nSPS) is 12.6. The Kier molecular flexibility index (Phi) is 14.0. The van der Waals surface area contributed by atoms with Crippen LogP contribution in [0.3, 0.4) is 0 Å². The first-order valence-corrected chi connectivity index (χ1v) is 22.7. The van der Waals surface area contributed by atoms with Crippen molar-refractivity contribution in [3.63, 3.8) is 0 Å². The van der Waals surface area contributed by atoms with Gasteiger partial charge in [0, 0.05) is 58.5 Å². The summed E-state index contributed by atoms with van der Waals surface area (Å²) in [6.45, 7) is 19.7. The molecule has 6 rings (SSSR count). The molecule has 0 unspecified atom stereocenters. The Labute approximate surface area is 337 Å². The fourth-order valence-corrected chi connectivity index (χ4v) is 11.1. The van der Waals surface area contributed by atoms with Crippen LogP contribution in [0.2, 0.25) is 13.1 Å².